The summed E-state index contributed by atoms with van der Waals surface area (Å²) >= 11 is 9.16. The lowest BCUT2D eigenvalue weighted by Crippen LogP contribution is -2.15. The largest absolute Gasteiger partial charge is 0.491 e. The number of hydrogen-bond acceptors (Lipinski definition) is 2. The number of halogens is 2. The van der Waals surface area contributed by atoms with Crippen LogP contribution < -0.4 is 4.74 Å². The maximum atomic E-state index is 9.28. The minimum atomic E-state index is -0.419. The second kappa shape index (κ2) is 5.59. The minimum Gasteiger partial charge on any atom is -0.491 e. The second-order valence-electron chi connectivity index (χ2n) is 2.95. The zero-order valence-corrected chi connectivity index (χ0v) is 10.2. The van der Waals surface area contributed by atoms with Crippen molar-refractivity contribution in [2.75, 3.05) is 6.61 Å². The highest BCUT2D eigenvalue weighted by atomic mass is 79.9. The van der Waals surface area contributed by atoms with E-state index in [-0.39, 0.29) is 0 Å². The summed E-state index contributed by atoms with van der Waals surface area (Å²) in [6, 6.07) is 5.34. The summed E-state index contributed by atoms with van der Waals surface area (Å²) in [5.41, 5.74) is 0. The number of benzene rings is 1. The summed E-state index contributed by atoms with van der Waals surface area (Å²) < 4.78 is 6.17. The van der Waals surface area contributed by atoms with Gasteiger partial charge in [0.2, 0.25) is 0 Å². The van der Waals surface area contributed by atoms with E-state index in [1.807, 2.05) is 13.0 Å². The topological polar surface area (TPSA) is 29.5 Å². The molecule has 0 radical (unpaired) electrons. The first kappa shape index (κ1) is 11.8. The van der Waals surface area contributed by atoms with Crippen LogP contribution in [0.3, 0.4) is 0 Å². The van der Waals surface area contributed by atoms with Crippen molar-refractivity contribution in [3.63, 3.8) is 0 Å². The normalized spacial score (nSPS) is 12.6. The predicted octanol–water partition coefficient (Wildman–Crippen LogP) is 3.25. The molecule has 0 saturated carbocycles. The Kier molecular flexibility index (Phi) is 4.72. The summed E-state index contributed by atoms with van der Waals surface area (Å²) in [6.45, 7) is 2.21. The van der Waals surface area contributed by atoms with Gasteiger partial charge in [-0.2, -0.15) is 0 Å². The maximum Gasteiger partial charge on any atom is 0.121 e. The average Bonchev–Trinajstić information content (AvgIpc) is 2.19. The Hall–Kier alpha value is -0.250. The highest BCUT2D eigenvalue weighted by molar-refractivity contribution is 9.10. The maximum absolute atomic E-state index is 9.28. The highest BCUT2D eigenvalue weighted by Gasteiger charge is 2.03. The van der Waals surface area contributed by atoms with Gasteiger partial charge in [0, 0.05) is 4.47 Å². The predicted molar refractivity (Wildman–Crippen MR) is 60.9 cm³/mol. The molecule has 1 rings (SSSR count). The van der Waals surface area contributed by atoms with Crippen molar-refractivity contribution in [1.29, 1.82) is 0 Å². The van der Waals surface area contributed by atoms with E-state index < -0.39 is 6.10 Å². The molecular weight excluding hydrogens is 267 g/mol. The molecule has 0 saturated heterocycles. The fraction of sp³-hybridized carbons (Fsp3) is 0.400. The van der Waals surface area contributed by atoms with Crippen LogP contribution in [-0.2, 0) is 0 Å². The van der Waals surface area contributed by atoms with Gasteiger partial charge in [0.1, 0.15) is 12.4 Å². The molecule has 0 spiro atoms. The van der Waals surface area contributed by atoms with Gasteiger partial charge in [-0.15, -0.1) is 0 Å². The van der Waals surface area contributed by atoms with E-state index in [9.17, 15) is 5.11 Å². The summed E-state index contributed by atoms with van der Waals surface area (Å²) in [4.78, 5) is 0. The van der Waals surface area contributed by atoms with Crippen LogP contribution in [0.1, 0.15) is 13.3 Å². The zero-order valence-electron chi connectivity index (χ0n) is 7.84. The molecule has 0 heterocycles. The van der Waals surface area contributed by atoms with Crippen LogP contribution in [0, 0.1) is 0 Å². The first-order chi connectivity index (χ1) is 6.63. The van der Waals surface area contributed by atoms with Gasteiger partial charge >= 0.3 is 0 Å². The first-order valence-electron chi connectivity index (χ1n) is 4.39. The molecule has 1 unspecified atom stereocenters. The SMILES string of the molecule is CCC(O)COc1ccc(Br)c(Cl)c1. The van der Waals surface area contributed by atoms with Crippen LogP contribution in [0.2, 0.25) is 5.02 Å². The molecule has 14 heavy (non-hydrogen) atoms. The number of rotatable bonds is 4. The van der Waals surface area contributed by atoms with Crippen LogP contribution in [0.5, 0.6) is 5.75 Å². The fourth-order valence-corrected chi connectivity index (χ4v) is 1.29. The molecule has 1 atom stereocenters. The number of aliphatic hydroxyl groups is 1. The van der Waals surface area contributed by atoms with Crippen LogP contribution >= 0.6 is 27.5 Å². The van der Waals surface area contributed by atoms with Crippen molar-refractivity contribution in [3.8, 4) is 5.75 Å². The number of ether oxygens (including phenoxy) is 1. The van der Waals surface area contributed by atoms with Crippen molar-refractivity contribution >= 4 is 27.5 Å². The Balaban J connectivity index is 2.55. The van der Waals surface area contributed by atoms with Gasteiger partial charge in [0.15, 0.2) is 0 Å². The minimum absolute atomic E-state index is 0.300. The van der Waals surface area contributed by atoms with Crippen molar-refractivity contribution < 1.29 is 9.84 Å². The quantitative estimate of drug-likeness (QED) is 0.917. The van der Waals surface area contributed by atoms with Crippen LogP contribution in [0.4, 0.5) is 0 Å². The molecule has 0 bridgehead atoms. The third kappa shape index (κ3) is 3.48. The van der Waals surface area contributed by atoms with Crippen LogP contribution in [0.25, 0.3) is 0 Å². The lowest BCUT2D eigenvalue weighted by Gasteiger charge is -2.10. The van der Waals surface area contributed by atoms with Gasteiger partial charge in [0.25, 0.3) is 0 Å². The molecule has 1 N–H and O–H groups in total. The monoisotopic (exact) mass is 278 g/mol. The third-order valence-corrected chi connectivity index (χ3v) is 3.04. The molecule has 0 fully saturated rings. The Morgan fingerprint density at radius 2 is 2.29 bits per heavy atom. The molecule has 1 aromatic carbocycles. The lowest BCUT2D eigenvalue weighted by atomic mass is 10.3. The second-order valence-corrected chi connectivity index (χ2v) is 4.21. The summed E-state index contributed by atoms with van der Waals surface area (Å²) in [7, 11) is 0. The van der Waals surface area contributed by atoms with Crippen molar-refractivity contribution in [2.45, 2.75) is 19.4 Å². The molecule has 78 valence electrons. The van der Waals surface area contributed by atoms with Crippen molar-refractivity contribution in [1.82, 2.24) is 0 Å². The fourth-order valence-electron chi connectivity index (χ4n) is 0.877. The van der Waals surface area contributed by atoms with E-state index in [0.717, 1.165) is 4.47 Å². The van der Waals surface area contributed by atoms with Crippen molar-refractivity contribution in [2.24, 2.45) is 0 Å². The smallest absolute Gasteiger partial charge is 0.121 e. The van der Waals surface area contributed by atoms with E-state index in [0.29, 0.717) is 23.8 Å². The van der Waals surface area contributed by atoms with E-state index in [1.165, 1.54) is 0 Å². The zero-order chi connectivity index (χ0) is 10.6. The molecule has 1 aromatic rings. The van der Waals surface area contributed by atoms with E-state index in [4.69, 9.17) is 16.3 Å². The molecule has 4 heteroatoms. The van der Waals surface area contributed by atoms with Crippen LogP contribution in [0.15, 0.2) is 22.7 Å². The summed E-state index contributed by atoms with van der Waals surface area (Å²) in [5, 5.41) is 9.88. The molecule has 0 aliphatic rings. The average molecular weight is 280 g/mol. The van der Waals surface area contributed by atoms with Gasteiger partial charge in [-0.05, 0) is 40.5 Å². The number of aliphatic hydroxyl groups excluding tert-OH is 1. The Bertz CT molecular complexity index is 304. The highest BCUT2D eigenvalue weighted by Crippen LogP contribution is 2.26. The van der Waals surface area contributed by atoms with Gasteiger partial charge in [-0.25, -0.2) is 0 Å². The Morgan fingerprint density at radius 1 is 1.57 bits per heavy atom. The Labute approximate surface area is 97.0 Å². The molecular formula is C10H12BrClO2. The molecule has 0 amide bonds. The van der Waals surface area contributed by atoms with E-state index in [2.05, 4.69) is 15.9 Å². The Morgan fingerprint density at radius 3 is 2.86 bits per heavy atom. The van der Waals surface area contributed by atoms with Crippen molar-refractivity contribution in [3.05, 3.63) is 27.7 Å². The molecule has 0 aromatic heterocycles. The third-order valence-electron chi connectivity index (χ3n) is 1.80. The van der Waals surface area contributed by atoms with E-state index in [1.54, 1.807) is 12.1 Å². The van der Waals surface area contributed by atoms with Gasteiger partial charge in [-0.3, -0.25) is 0 Å². The number of hydrogen-bond donors (Lipinski definition) is 1. The van der Waals surface area contributed by atoms with Gasteiger partial charge in [0.05, 0.1) is 11.1 Å². The standard InChI is InChI=1S/C10H12BrClO2/c1-2-7(13)6-14-8-3-4-9(11)10(12)5-8/h3-5,7,13H,2,6H2,1H3. The van der Waals surface area contributed by atoms with E-state index >= 15 is 0 Å². The summed E-state index contributed by atoms with van der Waals surface area (Å²) in [6.07, 6.45) is 0.266. The van der Waals surface area contributed by atoms with Crippen LogP contribution in [-0.4, -0.2) is 17.8 Å². The molecule has 0 aliphatic heterocycles. The summed E-state index contributed by atoms with van der Waals surface area (Å²) in [5.74, 6) is 0.672. The lowest BCUT2D eigenvalue weighted by molar-refractivity contribution is 0.104. The first-order valence-corrected chi connectivity index (χ1v) is 5.56. The van der Waals surface area contributed by atoms with Gasteiger partial charge in [-0.1, -0.05) is 18.5 Å². The molecule has 0 aliphatic carbocycles. The molecule has 2 nitrogen and oxygen atoms in total. The van der Waals surface area contributed by atoms with Gasteiger partial charge < -0.3 is 9.84 Å².